The quantitative estimate of drug-likeness (QED) is 0.805. The molecule has 1 aliphatic carbocycles. The van der Waals surface area contributed by atoms with E-state index in [-0.39, 0.29) is 23.7 Å². The van der Waals surface area contributed by atoms with Crippen LogP contribution in [0.1, 0.15) is 46.0 Å². The standard InChI is InChI=1S/C15H26N2O3/c1-11(2)14(19)17-8-4-12(5-9-17)13(18)16-10-15(20)6-3-7-15/h11-12,20H,3-10H2,1-2H3,(H,16,18). The predicted molar refractivity (Wildman–Crippen MR) is 76.0 cm³/mol. The number of aliphatic hydroxyl groups is 1. The summed E-state index contributed by atoms with van der Waals surface area (Å²) in [5.74, 6) is 0.206. The summed E-state index contributed by atoms with van der Waals surface area (Å²) in [6.45, 7) is 5.51. The number of nitrogens with zero attached hydrogens (tertiary/aromatic N) is 1. The van der Waals surface area contributed by atoms with E-state index < -0.39 is 5.60 Å². The normalized spacial score (nSPS) is 22.5. The summed E-state index contributed by atoms with van der Waals surface area (Å²) in [4.78, 5) is 25.8. The molecule has 0 atom stereocenters. The molecular formula is C15H26N2O3. The molecule has 0 radical (unpaired) electrons. The van der Waals surface area contributed by atoms with Gasteiger partial charge in [0.05, 0.1) is 5.60 Å². The van der Waals surface area contributed by atoms with Gasteiger partial charge in [-0.2, -0.15) is 0 Å². The summed E-state index contributed by atoms with van der Waals surface area (Å²) in [5.41, 5.74) is -0.663. The van der Waals surface area contributed by atoms with E-state index in [1.807, 2.05) is 18.7 Å². The smallest absolute Gasteiger partial charge is 0.225 e. The lowest BCUT2D eigenvalue weighted by Gasteiger charge is -2.37. The number of hydrogen-bond donors (Lipinski definition) is 2. The summed E-state index contributed by atoms with van der Waals surface area (Å²) in [7, 11) is 0. The molecule has 2 aliphatic rings. The third-order valence-corrected chi connectivity index (χ3v) is 4.55. The van der Waals surface area contributed by atoms with Gasteiger partial charge >= 0.3 is 0 Å². The van der Waals surface area contributed by atoms with Crippen molar-refractivity contribution in [3.63, 3.8) is 0 Å². The molecular weight excluding hydrogens is 256 g/mol. The number of likely N-dealkylation sites (tertiary alicyclic amines) is 1. The largest absolute Gasteiger partial charge is 0.388 e. The van der Waals surface area contributed by atoms with Crippen LogP contribution < -0.4 is 5.32 Å². The summed E-state index contributed by atoms with van der Waals surface area (Å²) >= 11 is 0. The van der Waals surface area contributed by atoms with E-state index in [2.05, 4.69) is 5.32 Å². The van der Waals surface area contributed by atoms with Crippen LogP contribution in [0.3, 0.4) is 0 Å². The van der Waals surface area contributed by atoms with Gasteiger partial charge in [-0.25, -0.2) is 0 Å². The number of hydrogen-bond acceptors (Lipinski definition) is 3. The van der Waals surface area contributed by atoms with Crippen molar-refractivity contribution >= 4 is 11.8 Å². The molecule has 1 heterocycles. The SMILES string of the molecule is CC(C)C(=O)N1CCC(C(=O)NCC2(O)CCC2)CC1. The maximum absolute atomic E-state index is 12.1. The van der Waals surface area contributed by atoms with Crippen LogP contribution in [-0.4, -0.2) is 47.1 Å². The molecule has 1 aliphatic heterocycles. The third kappa shape index (κ3) is 3.51. The Morgan fingerprint density at radius 1 is 1.30 bits per heavy atom. The summed E-state index contributed by atoms with van der Waals surface area (Å²) in [6, 6.07) is 0. The second-order valence-corrected chi connectivity index (χ2v) is 6.55. The van der Waals surface area contributed by atoms with Gasteiger partial charge in [0, 0.05) is 31.5 Å². The maximum Gasteiger partial charge on any atom is 0.225 e. The van der Waals surface area contributed by atoms with E-state index in [0.717, 1.165) is 32.1 Å². The minimum Gasteiger partial charge on any atom is -0.388 e. The minimum atomic E-state index is -0.663. The van der Waals surface area contributed by atoms with E-state index in [1.54, 1.807) is 0 Å². The molecule has 1 saturated carbocycles. The summed E-state index contributed by atoms with van der Waals surface area (Å²) in [6.07, 6.45) is 4.07. The van der Waals surface area contributed by atoms with Crippen molar-refractivity contribution in [3.8, 4) is 0 Å². The van der Waals surface area contributed by atoms with E-state index in [1.165, 1.54) is 0 Å². The van der Waals surface area contributed by atoms with Crippen molar-refractivity contribution < 1.29 is 14.7 Å². The molecule has 2 rings (SSSR count). The average molecular weight is 282 g/mol. The van der Waals surface area contributed by atoms with Crippen LogP contribution in [0.2, 0.25) is 0 Å². The van der Waals surface area contributed by atoms with Gasteiger partial charge in [0.25, 0.3) is 0 Å². The first-order valence-electron chi connectivity index (χ1n) is 7.70. The molecule has 5 heteroatoms. The summed E-state index contributed by atoms with van der Waals surface area (Å²) in [5, 5.41) is 12.8. The lowest BCUT2D eigenvalue weighted by molar-refractivity contribution is -0.138. The van der Waals surface area contributed by atoms with Crippen molar-refractivity contribution in [2.45, 2.75) is 51.6 Å². The van der Waals surface area contributed by atoms with E-state index >= 15 is 0 Å². The molecule has 0 aromatic heterocycles. The van der Waals surface area contributed by atoms with Gasteiger partial charge in [-0.1, -0.05) is 13.8 Å². The van der Waals surface area contributed by atoms with E-state index in [4.69, 9.17) is 0 Å². The molecule has 5 nitrogen and oxygen atoms in total. The van der Waals surface area contributed by atoms with Gasteiger partial charge in [0.2, 0.25) is 11.8 Å². The fraction of sp³-hybridized carbons (Fsp3) is 0.867. The Morgan fingerprint density at radius 2 is 1.90 bits per heavy atom. The lowest BCUT2D eigenvalue weighted by atomic mass is 9.80. The zero-order valence-electron chi connectivity index (χ0n) is 12.5. The average Bonchev–Trinajstić information content (AvgIpc) is 2.42. The molecule has 2 fully saturated rings. The molecule has 20 heavy (non-hydrogen) atoms. The van der Waals surface area contributed by atoms with Crippen LogP contribution in [0.25, 0.3) is 0 Å². The van der Waals surface area contributed by atoms with Crippen molar-refractivity contribution in [1.29, 1.82) is 0 Å². The molecule has 114 valence electrons. The van der Waals surface area contributed by atoms with Crippen molar-refractivity contribution in [3.05, 3.63) is 0 Å². The Hall–Kier alpha value is -1.10. The molecule has 1 saturated heterocycles. The first-order valence-corrected chi connectivity index (χ1v) is 7.70. The van der Waals surface area contributed by atoms with Crippen LogP contribution >= 0.6 is 0 Å². The van der Waals surface area contributed by atoms with Gasteiger partial charge in [-0.3, -0.25) is 9.59 Å². The summed E-state index contributed by atoms with van der Waals surface area (Å²) < 4.78 is 0. The van der Waals surface area contributed by atoms with Crippen molar-refractivity contribution in [2.75, 3.05) is 19.6 Å². The van der Waals surface area contributed by atoms with Crippen LogP contribution in [0, 0.1) is 11.8 Å². The Kier molecular flexibility index (Phi) is 4.68. The van der Waals surface area contributed by atoms with Crippen LogP contribution in [0.15, 0.2) is 0 Å². The van der Waals surface area contributed by atoms with E-state index in [0.29, 0.717) is 19.6 Å². The monoisotopic (exact) mass is 282 g/mol. The van der Waals surface area contributed by atoms with Gasteiger partial charge in [-0.15, -0.1) is 0 Å². The Balaban J connectivity index is 1.73. The number of rotatable bonds is 4. The Labute approximate surface area is 120 Å². The van der Waals surface area contributed by atoms with E-state index in [9.17, 15) is 14.7 Å². The fourth-order valence-corrected chi connectivity index (χ4v) is 2.88. The Bertz CT molecular complexity index is 369. The minimum absolute atomic E-state index is 0.0186. The lowest BCUT2D eigenvalue weighted by Crippen LogP contribution is -2.50. The van der Waals surface area contributed by atoms with Crippen LogP contribution in [0.5, 0.6) is 0 Å². The Morgan fingerprint density at radius 3 is 2.35 bits per heavy atom. The molecule has 0 bridgehead atoms. The number of carbonyl (C=O) groups excluding carboxylic acids is 2. The molecule has 2 amide bonds. The zero-order valence-corrected chi connectivity index (χ0v) is 12.5. The molecule has 0 spiro atoms. The molecule has 0 aromatic carbocycles. The van der Waals surface area contributed by atoms with Crippen LogP contribution in [-0.2, 0) is 9.59 Å². The highest BCUT2D eigenvalue weighted by Crippen LogP contribution is 2.30. The first kappa shape index (κ1) is 15.3. The van der Waals surface area contributed by atoms with Gasteiger partial charge in [0.1, 0.15) is 0 Å². The number of nitrogens with one attached hydrogen (secondary N) is 1. The second kappa shape index (κ2) is 6.12. The van der Waals surface area contributed by atoms with Crippen LogP contribution in [0.4, 0.5) is 0 Å². The molecule has 2 N–H and O–H groups in total. The third-order valence-electron chi connectivity index (χ3n) is 4.55. The molecule has 0 unspecified atom stereocenters. The van der Waals surface area contributed by atoms with Gasteiger partial charge in [0.15, 0.2) is 0 Å². The highest BCUT2D eigenvalue weighted by Gasteiger charge is 2.35. The van der Waals surface area contributed by atoms with Crippen molar-refractivity contribution in [1.82, 2.24) is 10.2 Å². The number of amides is 2. The predicted octanol–water partition coefficient (Wildman–Crippen LogP) is 0.912. The maximum atomic E-state index is 12.1. The van der Waals surface area contributed by atoms with Gasteiger partial charge < -0.3 is 15.3 Å². The highest BCUT2D eigenvalue weighted by molar-refractivity contribution is 5.80. The highest BCUT2D eigenvalue weighted by atomic mass is 16.3. The van der Waals surface area contributed by atoms with Crippen molar-refractivity contribution in [2.24, 2.45) is 11.8 Å². The van der Waals surface area contributed by atoms with Gasteiger partial charge in [-0.05, 0) is 32.1 Å². The number of carbonyl (C=O) groups is 2. The zero-order chi connectivity index (χ0) is 14.8. The fourth-order valence-electron chi connectivity index (χ4n) is 2.88. The first-order chi connectivity index (χ1) is 9.41. The molecule has 0 aromatic rings. The second-order valence-electron chi connectivity index (χ2n) is 6.55. The topological polar surface area (TPSA) is 69.6 Å². The number of piperidine rings is 1.